The van der Waals surface area contributed by atoms with Crippen molar-refractivity contribution < 1.29 is 4.42 Å². The lowest BCUT2D eigenvalue weighted by molar-refractivity contribution is 0.450. The number of hydrogen-bond acceptors (Lipinski definition) is 2. The maximum absolute atomic E-state index is 6.25. The Hall–Kier alpha value is -0.500. The van der Waals surface area contributed by atoms with Gasteiger partial charge in [0.1, 0.15) is 11.1 Å². The molecule has 0 amide bonds. The molecule has 2 nitrogen and oxygen atoms in total. The molecule has 16 heavy (non-hydrogen) atoms. The lowest BCUT2D eigenvalue weighted by Gasteiger charge is -2.04. The molecule has 0 unspecified atom stereocenters. The molecule has 0 saturated carbocycles. The van der Waals surface area contributed by atoms with E-state index in [0.717, 1.165) is 24.3 Å². The Balaban J connectivity index is 2.27. The fraction of sp³-hybridized carbons (Fsp3) is 0.769. The highest BCUT2D eigenvalue weighted by Crippen LogP contribution is 2.27. The largest absolute Gasteiger partial charge is 0.444 e. The number of halogens is 1. The lowest BCUT2D eigenvalue weighted by Crippen LogP contribution is -1.91. The second kappa shape index (κ2) is 6.95. The zero-order valence-electron chi connectivity index (χ0n) is 10.6. The van der Waals surface area contributed by atoms with E-state index in [-0.39, 0.29) is 5.38 Å². The summed E-state index contributed by atoms with van der Waals surface area (Å²) < 4.78 is 5.51. The monoisotopic (exact) mass is 243 g/mol. The van der Waals surface area contributed by atoms with Gasteiger partial charge < -0.3 is 4.42 Å². The van der Waals surface area contributed by atoms with Crippen molar-refractivity contribution in [1.82, 2.24) is 4.98 Å². The summed E-state index contributed by atoms with van der Waals surface area (Å²) in [5, 5.41) is -0.0611. The second-order valence-electron chi connectivity index (χ2n) is 4.36. The van der Waals surface area contributed by atoms with Crippen molar-refractivity contribution in [3.05, 3.63) is 17.3 Å². The number of oxazole rings is 1. The van der Waals surface area contributed by atoms with Gasteiger partial charge in [-0.25, -0.2) is 4.98 Å². The van der Waals surface area contributed by atoms with Gasteiger partial charge in [0.2, 0.25) is 5.89 Å². The lowest BCUT2D eigenvalue weighted by atomic mass is 10.1. The molecular formula is C13H22ClNO. The van der Waals surface area contributed by atoms with Crippen LogP contribution in [-0.4, -0.2) is 4.98 Å². The van der Waals surface area contributed by atoms with Gasteiger partial charge in [-0.1, -0.05) is 39.0 Å². The number of unbranched alkanes of at least 4 members (excludes halogenated alkanes) is 4. The highest BCUT2D eigenvalue weighted by atomic mass is 35.5. The van der Waals surface area contributed by atoms with Gasteiger partial charge in [0.15, 0.2) is 0 Å². The molecule has 0 aliphatic rings. The fourth-order valence-corrected chi connectivity index (χ4v) is 1.93. The van der Waals surface area contributed by atoms with Crippen LogP contribution >= 0.6 is 11.6 Å². The first-order valence-electron chi connectivity index (χ1n) is 6.23. The Labute approximate surface area is 103 Å². The molecular weight excluding hydrogens is 222 g/mol. The van der Waals surface area contributed by atoms with Crippen LogP contribution in [0.3, 0.4) is 0 Å². The van der Waals surface area contributed by atoms with Crippen LogP contribution in [0.1, 0.15) is 68.2 Å². The fourth-order valence-electron chi connectivity index (χ4n) is 1.68. The molecule has 0 radical (unpaired) electrons. The minimum Gasteiger partial charge on any atom is -0.444 e. The van der Waals surface area contributed by atoms with Crippen LogP contribution in [0.5, 0.6) is 0 Å². The molecule has 1 aromatic rings. The number of hydrogen-bond donors (Lipinski definition) is 0. The molecule has 1 atom stereocenters. The molecule has 0 aliphatic heterocycles. The summed E-state index contributed by atoms with van der Waals surface area (Å²) in [6.07, 6.45) is 7.30. The van der Waals surface area contributed by atoms with Crippen LogP contribution in [0.4, 0.5) is 0 Å². The first-order chi connectivity index (χ1) is 7.65. The van der Waals surface area contributed by atoms with Gasteiger partial charge in [-0.15, -0.1) is 11.6 Å². The van der Waals surface area contributed by atoms with E-state index in [4.69, 9.17) is 16.0 Å². The highest BCUT2D eigenvalue weighted by molar-refractivity contribution is 6.20. The van der Waals surface area contributed by atoms with Crippen molar-refractivity contribution in [2.24, 2.45) is 0 Å². The van der Waals surface area contributed by atoms with E-state index >= 15 is 0 Å². The van der Waals surface area contributed by atoms with E-state index in [1.807, 2.05) is 13.8 Å². The summed E-state index contributed by atoms with van der Waals surface area (Å²) >= 11 is 6.25. The average molecular weight is 244 g/mol. The molecule has 1 aromatic heterocycles. The zero-order valence-corrected chi connectivity index (χ0v) is 11.3. The van der Waals surface area contributed by atoms with Gasteiger partial charge >= 0.3 is 0 Å². The van der Waals surface area contributed by atoms with Crippen molar-refractivity contribution in [3.63, 3.8) is 0 Å². The van der Waals surface area contributed by atoms with Crippen LogP contribution in [0.25, 0.3) is 0 Å². The third-order valence-corrected chi connectivity index (χ3v) is 3.28. The number of nitrogens with zero attached hydrogens (tertiary/aromatic N) is 1. The van der Waals surface area contributed by atoms with E-state index in [9.17, 15) is 0 Å². The highest BCUT2D eigenvalue weighted by Gasteiger charge is 2.15. The van der Waals surface area contributed by atoms with Gasteiger partial charge in [0.05, 0.1) is 5.69 Å². The number of aromatic nitrogens is 1. The van der Waals surface area contributed by atoms with Crippen molar-refractivity contribution in [2.45, 2.75) is 64.7 Å². The summed E-state index contributed by atoms with van der Waals surface area (Å²) in [6.45, 7) is 6.10. The number of aryl methyl sites for hydroxylation is 2. The first-order valence-corrected chi connectivity index (χ1v) is 6.66. The van der Waals surface area contributed by atoms with E-state index in [2.05, 4.69) is 11.9 Å². The van der Waals surface area contributed by atoms with Gasteiger partial charge in [-0.2, -0.15) is 0 Å². The first kappa shape index (κ1) is 13.6. The second-order valence-corrected chi connectivity index (χ2v) is 4.89. The van der Waals surface area contributed by atoms with Gasteiger partial charge in [0, 0.05) is 0 Å². The number of rotatable bonds is 7. The molecule has 0 fully saturated rings. The summed E-state index contributed by atoms with van der Waals surface area (Å²) in [5.41, 5.74) is 0.951. The molecule has 0 saturated heterocycles. The van der Waals surface area contributed by atoms with Crippen LogP contribution in [0.15, 0.2) is 4.42 Å². The maximum Gasteiger partial charge on any atom is 0.212 e. The Bertz CT molecular complexity index is 289. The van der Waals surface area contributed by atoms with Crippen LogP contribution in [0.2, 0.25) is 0 Å². The molecule has 0 bridgehead atoms. The average Bonchev–Trinajstić information content (AvgIpc) is 2.59. The van der Waals surface area contributed by atoms with E-state index in [1.54, 1.807) is 0 Å². The van der Waals surface area contributed by atoms with Gasteiger partial charge in [0.25, 0.3) is 0 Å². The van der Waals surface area contributed by atoms with E-state index in [1.165, 1.54) is 25.7 Å². The Kier molecular flexibility index (Phi) is 5.89. The Morgan fingerprint density at radius 2 is 1.88 bits per heavy atom. The summed E-state index contributed by atoms with van der Waals surface area (Å²) in [5.74, 6) is 1.57. The zero-order chi connectivity index (χ0) is 12.0. The molecule has 0 aliphatic carbocycles. The molecule has 0 aromatic carbocycles. The third-order valence-electron chi connectivity index (χ3n) is 2.87. The van der Waals surface area contributed by atoms with E-state index in [0.29, 0.717) is 5.89 Å². The minimum absolute atomic E-state index is 0.0611. The quantitative estimate of drug-likeness (QED) is 0.501. The maximum atomic E-state index is 6.25. The van der Waals surface area contributed by atoms with Gasteiger partial charge in [-0.05, 0) is 20.3 Å². The summed E-state index contributed by atoms with van der Waals surface area (Å²) in [4.78, 5) is 4.33. The predicted molar refractivity (Wildman–Crippen MR) is 67.9 cm³/mol. The van der Waals surface area contributed by atoms with E-state index < -0.39 is 0 Å². The van der Waals surface area contributed by atoms with Crippen LogP contribution < -0.4 is 0 Å². The van der Waals surface area contributed by atoms with Crippen LogP contribution in [0, 0.1) is 13.8 Å². The standard InChI is InChI=1S/C13H22ClNO/c1-4-5-6-7-8-9-12(14)13-15-10(2)11(3)16-13/h12H,4-9H2,1-3H3/t12-/m0/s1. The van der Waals surface area contributed by atoms with Crippen molar-refractivity contribution in [1.29, 1.82) is 0 Å². The Morgan fingerprint density at radius 3 is 2.44 bits per heavy atom. The van der Waals surface area contributed by atoms with Gasteiger partial charge in [-0.3, -0.25) is 0 Å². The molecule has 3 heteroatoms. The smallest absolute Gasteiger partial charge is 0.212 e. The van der Waals surface area contributed by atoms with Crippen molar-refractivity contribution in [2.75, 3.05) is 0 Å². The molecule has 1 rings (SSSR count). The topological polar surface area (TPSA) is 26.0 Å². The van der Waals surface area contributed by atoms with Crippen molar-refractivity contribution >= 4 is 11.6 Å². The SMILES string of the molecule is CCCCCCC[C@H](Cl)c1nc(C)c(C)o1. The van der Waals surface area contributed by atoms with Crippen LogP contribution in [-0.2, 0) is 0 Å². The molecule has 0 spiro atoms. The molecule has 92 valence electrons. The Morgan fingerprint density at radius 1 is 1.19 bits per heavy atom. The summed E-state index contributed by atoms with van der Waals surface area (Å²) in [6, 6.07) is 0. The summed E-state index contributed by atoms with van der Waals surface area (Å²) in [7, 11) is 0. The number of alkyl halides is 1. The molecule has 1 heterocycles. The molecule has 0 N–H and O–H groups in total. The normalized spacial score (nSPS) is 13.0. The van der Waals surface area contributed by atoms with Crippen molar-refractivity contribution in [3.8, 4) is 0 Å². The minimum atomic E-state index is -0.0611. The third kappa shape index (κ3) is 4.17. The predicted octanol–water partition coefficient (Wildman–Crippen LogP) is 4.93.